The molecule has 0 fully saturated rings. The largest absolute Gasteiger partial charge is 0.478 e. The number of benzene rings is 2. The van der Waals surface area contributed by atoms with Gasteiger partial charge < -0.3 is 10.4 Å². The van der Waals surface area contributed by atoms with Gasteiger partial charge in [0.25, 0.3) is 5.69 Å². The zero-order valence-electron chi connectivity index (χ0n) is 10.7. The minimum Gasteiger partial charge on any atom is -0.478 e. The Morgan fingerprint density at radius 1 is 1.20 bits per heavy atom. The lowest BCUT2D eigenvalue weighted by atomic mass is 10.1. The van der Waals surface area contributed by atoms with E-state index in [1.165, 1.54) is 18.2 Å². The third-order valence-corrected chi connectivity index (χ3v) is 2.86. The van der Waals surface area contributed by atoms with Crippen LogP contribution in [0.5, 0.6) is 0 Å². The number of aromatic carboxylic acids is 1. The summed E-state index contributed by atoms with van der Waals surface area (Å²) in [6, 6.07) is 10.8. The number of para-hydroxylation sites is 1. The molecule has 0 aromatic heterocycles. The lowest BCUT2D eigenvalue weighted by molar-refractivity contribution is -0.384. The Bertz CT molecular complexity index is 683. The monoisotopic (exact) mass is 272 g/mol. The van der Waals surface area contributed by atoms with Crippen LogP contribution in [-0.4, -0.2) is 16.0 Å². The molecular weight excluding hydrogens is 260 g/mol. The maximum atomic E-state index is 11.1. The number of hydrogen-bond donors (Lipinski definition) is 2. The minimum absolute atomic E-state index is 0.0501. The highest BCUT2D eigenvalue weighted by Crippen LogP contribution is 2.27. The molecule has 0 unspecified atom stereocenters. The molecule has 0 heterocycles. The fourth-order valence-electron chi connectivity index (χ4n) is 1.78. The van der Waals surface area contributed by atoms with Crippen molar-refractivity contribution in [2.45, 2.75) is 6.92 Å². The zero-order valence-corrected chi connectivity index (χ0v) is 10.7. The van der Waals surface area contributed by atoms with E-state index in [-0.39, 0.29) is 11.3 Å². The maximum absolute atomic E-state index is 11.1. The van der Waals surface area contributed by atoms with E-state index in [1.54, 1.807) is 31.2 Å². The lowest BCUT2D eigenvalue weighted by Gasteiger charge is -2.11. The van der Waals surface area contributed by atoms with E-state index in [4.69, 9.17) is 5.11 Å². The normalized spacial score (nSPS) is 10.1. The Morgan fingerprint density at radius 3 is 2.55 bits per heavy atom. The third kappa shape index (κ3) is 2.74. The van der Waals surface area contributed by atoms with Crippen molar-refractivity contribution in [2.75, 3.05) is 5.32 Å². The molecule has 0 aliphatic heterocycles. The van der Waals surface area contributed by atoms with Crippen LogP contribution in [0.25, 0.3) is 0 Å². The molecule has 0 spiro atoms. The van der Waals surface area contributed by atoms with Crippen molar-refractivity contribution in [2.24, 2.45) is 0 Å². The molecule has 0 aliphatic rings. The molecule has 2 aromatic rings. The second-order valence-corrected chi connectivity index (χ2v) is 4.23. The van der Waals surface area contributed by atoms with Gasteiger partial charge in [-0.3, -0.25) is 10.1 Å². The van der Waals surface area contributed by atoms with Crippen molar-refractivity contribution in [3.05, 3.63) is 63.7 Å². The highest BCUT2D eigenvalue weighted by atomic mass is 16.6. The quantitative estimate of drug-likeness (QED) is 0.657. The minimum atomic E-state index is -1.06. The van der Waals surface area contributed by atoms with Crippen LogP contribution >= 0.6 is 0 Å². The number of non-ortho nitro benzene ring substituents is 1. The summed E-state index contributed by atoms with van der Waals surface area (Å²) >= 11 is 0. The summed E-state index contributed by atoms with van der Waals surface area (Å²) in [6.45, 7) is 1.79. The van der Waals surface area contributed by atoms with Crippen molar-refractivity contribution in [3.63, 3.8) is 0 Å². The number of rotatable bonds is 4. The summed E-state index contributed by atoms with van der Waals surface area (Å²) in [4.78, 5) is 21.4. The first-order valence-electron chi connectivity index (χ1n) is 5.83. The lowest BCUT2D eigenvalue weighted by Crippen LogP contribution is -2.03. The molecule has 0 atom stereocenters. The summed E-state index contributed by atoms with van der Waals surface area (Å²) < 4.78 is 0. The molecule has 20 heavy (non-hydrogen) atoms. The van der Waals surface area contributed by atoms with Gasteiger partial charge >= 0.3 is 5.97 Å². The molecule has 6 heteroatoms. The van der Waals surface area contributed by atoms with Gasteiger partial charge in [0.2, 0.25) is 0 Å². The van der Waals surface area contributed by atoms with Crippen molar-refractivity contribution in [3.8, 4) is 0 Å². The number of nitrogens with zero attached hydrogens (tertiary/aromatic N) is 1. The van der Waals surface area contributed by atoms with E-state index in [9.17, 15) is 14.9 Å². The predicted octanol–water partition coefficient (Wildman–Crippen LogP) is 3.35. The summed E-state index contributed by atoms with van der Waals surface area (Å²) in [6.07, 6.45) is 0. The molecule has 2 N–H and O–H groups in total. The highest BCUT2D eigenvalue weighted by molar-refractivity contribution is 5.95. The Kier molecular flexibility index (Phi) is 3.65. The molecule has 0 aliphatic carbocycles. The van der Waals surface area contributed by atoms with Gasteiger partial charge in [0.05, 0.1) is 16.2 Å². The molecule has 6 nitrogen and oxygen atoms in total. The van der Waals surface area contributed by atoms with E-state index < -0.39 is 10.9 Å². The summed E-state index contributed by atoms with van der Waals surface area (Å²) in [7, 11) is 0. The topological polar surface area (TPSA) is 92.5 Å². The zero-order chi connectivity index (χ0) is 14.7. The van der Waals surface area contributed by atoms with Crippen molar-refractivity contribution in [1.82, 2.24) is 0 Å². The Hall–Kier alpha value is -2.89. The fraction of sp³-hybridized carbons (Fsp3) is 0.0714. The summed E-state index contributed by atoms with van der Waals surface area (Å²) in [5.74, 6) is -1.06. The fourth-order valence-corrected chi connectivity index (χ4v) is 1.78. The number of aryl methyl sites for hydroxylation is 1. The van der Waals surface area contributed by atoms with Crippen molar-refractivity contribution in [1.29, 1.82) is 0 Å². The van der Waals surface area contributed by atoms with Gasteiger partial charge in [-0.1, -0.05) is 18.2 Å². The number of nitrogens with one attached hydrogen (secondary N) is 1. The van der Waals surface area contributed by atoms with Gasteiger partial charge in [-0.05, 0) is 24.6 Å². The van der Waals surface area contributed by atoms with E-state index in [2.05, 4.69) is 5.32 Å². The summed E-state index contributed by atoms with van der Waals surface area (Å²) in [5, 5.41) is 22.8. The van der Waals surface area contributed by atoms with Crippen LogP contribution in [0.15, 0.2) is 42.5 Å². The first-order chi connectivity index (χ1) is 9.49. The number of carboxylic acids is 1. The molecule has 0 radical (unpaired) electrons. The number of carbonyl (C=O) groups is 1. The van der Waals surface area contributed by atoms with Crippen molar-refractivity contribution >= 4 is 23.0 Å². The van der Waals surface area contributed by atoms with E-state index in [0.717, 1.165) is 5.56 Å². The molecule has 0 saturated heterocycles. The van der Waals surface area contributed by atoms with Gasteiger partial charge in [-0.15, -0.1) is 0 Å². The van der Waals surface area contributed by atoms with E-state index >= 15 is 0 Å². The maximum Gasteiger partial charge on any atom is 0.337 e. The highest BCUT2D eigenvalue weighted by Gasteiger charge is 2.12. The van der Waals surface area contributed by atoms with Gasteiger partial charge in [0.1, 0.15) is 0 Å². The molecule has 0 saturated carbocycles. The van der Waals surface area contributed by atoms with Crippen LogP contribution in [0.1, 0.15) is 15.9 Å². The van der Waals surface area contributed by atoms with E-state index in [0.29, 0.717) is 11.4 Å². The third-order valence-electron chi connectivity index (χ3n) is 2.86. The van der Waals surface area contributed by atoms with Crippen LogP contribution in [0.2, 0.25) is 0 Å². The number of hydrogen-bond acceptors (Lipinski definition) is 4. The smallest absolute Gasteiger partial charge is 0.337 e. The number of nitro benzene ring substituents is 1. The molecule has 0 amide bonds. The van der Waals surface area contributed by atoms with Crippen LogP contribution in [-0.2, 0) is 0 Å². The number of carboxylic acid groups (broad SMARTS) is 1. The average molecular weight is 272 g/mol. The average Bonchev–Trinajstić information content (AvgIpc) is 2.41. The van der Waals surface area contributed by atoms with Crippen LogP contribution in [0.4, 0.5) is 17.1 Å². The van der Waals surface area contributed by atoms with Crippen LogP contribution in [0, 0.1) is 17.0 Å². The number of anilines is 2. The summed E-state index contributed by atoms with van der Waals surface area (Å²) in [5.41, 5.74) is 1.75. The standard InChI is InChI=1S/C14H12N2O4/c1-9-6-7-10(16(19)20)8-13(9)15-12-5-3-2-4-11(12)14(17)18/h2-8,15H,1H3,(H,17,18). The van der Waals surface area contributed by atoms with Gasteiger partial charge in [0.15, 0.2) is 0 Å². The number of nitro groups is 1. The van der Waals surface area contributed by atoms with Crippen LogP contribution < -0.4 is 5.32 Å². The molecule has 2 aromatic carbocycles. The Morgan fingerprint density at radius 2 is 1.90 bits per heavy atom. The molecule has 0 bridgehead atoms. The molecular formula is C14H12N2O4. The van der Waals surface area contributed by atoms with Crippen molar-refractivity contribution < 1.29 is 14.8 Å². The Labute approximate surface area is 114 Å². The SMILES string of the molecule is Cc1ccc([N+](=O)[O-])cc1Nc1ccccc1C(=O)O. The van der Waals surface area contributed by atoms with Gasteiger partial charge in [0, 0.05) is 17.8 Å². The first-order valence-corrected chi connectivity index (χ1v) is 5.83. The van der Waals surface area contributed by atoms with Gasteiger partial charge in [-0.2, -0.15) is 0 Å². The molecule has 102 valence electrons. The Balaban J connectivity index is 2.42. The van der Waals surface area contributed by atoms with Gasteiger partial charge in [-0.25, -0.2) is 4.79 Å². The van der Waals surface area contributed by atoms with Crippen LogP contribution in [0.3, 0.4) is 0 Å². The second-order valence-electron chi connectivity index (χ2n) is 4.23. The molecule has 2 rings (SSSR count). The van der Waals surface area contributed by atoms with E-state index in [1.807, 2.05) is 0 Å². The first kappa shape index (κ1) is 13.5. The second kappa shape index (κ2) is 5.40. The predicted molar refractivity (Wildman–Crippen MR) is 74.5 cm³/mol.